The molecule has 1 unspecified atom stereocenters. The number of amides is 2. The molecule has 0 saturated carbocycles. The molecule has 1 aliphatic rings. The van der Waals surface area contributed by atoms with E-state index < -0.39 is 11.8 Å². The normalized spacial score (nSPS) is 17.8. The zero-order chi connectivity index (χ0) is 18.5. The average Bonchev–Trinajstić information content (AvgIpc) is 3.09. The lowest BCUT2D eigenvalue weighted by Gasteiger charge is -2.21. The lowest BCUT2D eigenvalue weighted by Crippen LogP contribution is -2.44. The molecule has 1 saturated heterocycles. The number of hydrogen-bond donors (Lipinski definition) is 2. The van der Waals surface area contributed by atoms with Gasteiger partial charge in [-0.1, -0.05) is 42.5 Å². The zero-order valence-corrected chi connectivity index (χ0v) is 14.4. The summed E-state index contributed by atoms with van der Waals surface area (Å²) in [6.45, 7) is 0.904. The summed E-state index contributed by atoms with van der Waals surface area (Å²) in [5.74, 6) is -1.51. The van der Waals surface area contributed by atoms with E-state index >= 15 is 0 Å². The van der Waals surface area contributed by atoms with E-state index in [1.807, 2.05) is 30.3 Å². The van der Waals surface area contributed by atoms with Gasteiger partial charge < -0.3 is 16.0 Å². The van der Waals surface area contributed by atoms with Crippen LogP contribution in [0.4, 0.5) is 4.39 Å². The van der Waals surface area contributed by atoms with Crippen molar-refractivity contribution in [3.8, 4) is 0 Å². The maximum atomic E-state index is 13.1. The Morgan fingerprint density at radius 3 is 2.46 bits per heavy atom. The minimum absolute atomic E-state index is 0.0733. The fraction of sp³-hybridized carbons (Fsp3) is 0.300. The van der Waals surface area contributed by atoms with Gasteiger partial charge in [-0.05, 0) is 36.1 Å². The van der Waals surface area contributed by atoms with E-state index in [0.29, 0.717) is 25.9 Å². The number of carbonyl (C=O) groups is 2. The summed E-state index contributed by atoms with van der Waals surface area (Å²) in [7, 11) is 0. The van der Waals surface area contributed by atoms with Crippen LogP contribution in [-0.2, 0) is 16.0 Å². The molecule has 1 aliphatic heterocycles. The van der Waals surface area contributed by atoms with Gasteiger partial charge in [0.1, 0.15) is 5.82 Å². The number of rotatable bonds is 4. The molecule has 1 fully saturated rings. The Morgan fingerprint density at radius 2 is 1.85 bits per heavy atom. The van der Waals surface area contributed by atoms with Crippen LogP contribution in [0.2, 0.25) is 0 Å². The molecule has 136 valence electrons. The second-order valence-electron chi connectivity index (χ2n) is 6.57. The highest BCUT2D eigenvalue weighted by atomic mass is 19.1. The Kier molecular flexibility index (Phi) is 5.63. The second kappa shape index (κ2) is 8.10. The fourth-order valence-corrected chi connectivity index (χ4v) is 3.13. The molecule has 2 aromatic rings. The summed E-state index contributed by atoms with van der Waals surface area (Å²) in [6, 6.07) is 15.1. The van der Waals surface area contributed by atoms with E-state index in [4.69, 9.17) is 5.73 Å². The van der Waals surface area contributed by atoms with Crippen molar-refractivity contribution in [3.05, 3.63) is 71.5 Å². The second-order valence-corrected chi connectivity index (χ2v) is 6.57. The summed E-state index contributed by atoms with van der Waals surface area (Å²) < 4.78 is 13.1. The van der Waals surface area contributed by atoms with Crippen LogP contribution in [0.1, 0.15) is 23.6 Å². The number of carbonyl (C=O) groups excluding carboxylic acids is 2. The minimum atomic E-state index is -0.643. The highest BCUT2D eigenvalue weighted by Gasteiger charge is 2.29. The summed E-state index contributed by atoms with van der Waals surface area (Å²) in [4.78, 5) is 26.3. The van der Waals surface area contributed by atoms with Gasteiger partial charge in [-0.2, -0.15) is 0 Å². The Hall–Kier alpha value is -2.73. The van der Waals surface area contributed by atoms with E-state index in [1.54, 1.807) is 12.1 Å². The van der Waals surface area contributed by atoms with Gasteiger partial charge in [0, 0.05) is 19.1 Å². The quantitative estimate of drug-likeness (QED) is 0.821. The lowest BCUT2D eigenvalue weighted by molar-refractivity contribution is -0.145. The third-order valence-corrected chi connectivity index (χ3v) is 4.57. The molecule has 0 radical (unpaired) electrons. The molecule has 0 bridgehead atoms. The third-order valence-electron chi connectivity index (χ3n) is 4.57. The molecule has 6 heteroatoms. The number of benzene rings is 2. The van der Waals surface area contributed by atoms with Crippen molar-refractivity contribution in [3.63, 3.8) is 0 Å². The van der Waals surface area contributed by atoms with E-state index in [2.05, 4.69) is 5.32 Å². The summed E-state index contributed by atoms with van der Waals surface area (Å²) in [5.41, 5.74) is 7.57. The SMILES string of the molecule is N[C@@H]1CCN(C(=O)C(=O)NC(Cc2ccc(F)cc2)c2ccccc2)C1. The molecular weight excluding hydrogens is 333 g/mol. The molecule has 3 N–H and O–H groups in total. The van der Waals surface area contributed by atoms with Crippen molar-refractivity contribution in [1.82, 2.24) is 10.2 Å². The van der Waals surface area contributed by atoms with E-state index in [-0.39, 0.29) is 17.9 Å². The number of likely N-dealkylation sites (tertiary alicyclic amines) is 1. The van der Waals surface area contributed by atoms with Crippen molar-refractivity contribution in [2.75, 3.05) is 13.1 Å². The molecule has 2 atom stereocenters. The van der Waals surface area contributed by atoms with Crippen molar-refractivity contribution >= 4 is 11.8 Å². The lowest BCUT2D eigenvalue weighted by atomic mass is 9.98. The third kappa shape index (κ3) is 4.46. The Morgan fingerprint density at radius 1 is 1.15 bits per heavy atom. The van der Waals surface area contributed by atoms with Crippen molar-refractivity contribution in [2.24, 2.45) is 5.73 Å². The first-order valence-electron chi connectivity index (χ1n) is 8.67. The molecule has 0 spiro atoms. The maximum absolute atomic E-state index is 13.1. The van der Waals surface area contributed by atoms with Gasteiger partial charge in [0.05, 0.1) is 6.04 Å². The van der Waals surface area contributed by atoms with Crippen LogP contribution in [-0.4, -0.2) is 35.8 Å². The number of halogens is 1. The summed E-state index contributed by atoms with van der Waals surface area (Å²) >= 11 is 0. The monoisotopic (exact) mass is 355 g/mol. The number of nitrogens with zero attached hydrogens (tertiary/aromatic N) is 1. The molecule has 0 aromatic heterocycles. The van der Waals surface area contributed by atoms with Gasteiger partial charge in [-0.25, -0.2) is 4.39 Å². The zero-order valence-electron chi connectivity index (χ0n) is 14.4. The van der Waals surface area contributed by atoms with Crippen LogP contribution < -0.4 is 11.1 Å². The average molecular weight is 355 g/mol. The van der Waals surface area contributed by atoms with E-state index in [9.17, 15) is 14.0 Å². The first-order chi connectivity index (χ1) is 12.5. The highest BCUT2D eigenvalue weighted by molar-refractivity contribution is 6.35. The van der Waals surface area contributed by atoms with Gasteiger partial charge in [-0.3, -0.25) is 9.59 Å². The Labute approximate surface area is 152 Å². The molecule has 26 heavy (non-hydrogen) atoms. The smallest absolute Gasteiger partial charge is 0.311 e. The van der Waals surface area contributed by atoms with Gasteiger partial charge >= 0.3 is 11.8 Å². The first kappa shape index (κ1) is 18.1. The van der Waals surface area contributed by atoms with Gasteiger partial charge in [0.15, 0.2) is 0 Å². The number of hydrogen-bond acceptors (Lipinski definition) is 3. The first-order valence-corrected chi connectivity index (χ1v) is 8.67. The summed E-state index contributed by atoms with van der Waals surface area (Å²) in [6.07, 6.45) is 1.17. The van der Waals surface area contributed by atoms with Crippen molar-refractivity contribution in [1.29, 1.82) is 0 Å². The molecule has 1 heterocycles. The van der Waals surface area contributed by atoms with Crippen LogP contribution in [0, 0.1) is 5.82 Å². The largest absolute Gasteiger partial charge is 0.341 e. The van der Waals surface area contributed by atoms with E-state index in [0.717, 1.165) is 11.1 Å². The molecule has 0 aliphatic carbocycles. The molecule has 5 nitrogen and oxygen atoms in total. The predicted molar refractivity (Wildman–Crippen MR) is 96.6 cm³/mol. The fourth-order valence-electron chi connectivity index (χ4n) is 3.13. The minimum Gasteiger partial charge on any atom is -0.341 e. The standard InChI is InChI=1S/C20H22FN3O2/c21-16-8-6-14(7-9-16)12-18(15-4-2-1-3-5-15)23-19(25)20(26)24-11-10-17(22)13-24/h1-9,17-18H,10-13,22H2,(H,23,25)/t17-,18?/m1/s1. The van der Waals surface area contributed by atoms with Gasteiger partial charge in [0.25, 0.3) is 0 Å². The van der Waals surface area contributed by atoms with Crippen LogP contribution in [0.25, 0.3) is 0 Å². The molecular formula is C20H22FN3O2. The van der Waals surface area contributed by atoms with E-state index in [1.165, 1.54) is 17.0 Å². The van der Waals surface area contributed by atoms with Crippen molar-refractivity contribution < 1.29 is 14.0 Å². The van der Waals surface area contributed by atoms with Gasteiger partial charge in [0.2, 0.25) is 0 Å². The van der Waals surface area contributed by atoms with Crippen LogP contribution >= 0.6 is 0 Å². The Bertz CT molecular complexity index is 764. The molecule has 2 aromatic carbocycles. The molecule has 3 rings (SSSR count). The maximum Gasteiger partial charge on any atom is 0.311 e. The predicted octanol–water partition coefficient (Wildman–Crippen LogP) is 1.79. The van der Waals surface area contributed by atoms with Crippen LogP contribution in [0.15, 0.2) is 54.6 Å². The summed E-state index contributed by atoms with van der Waals surface area (Å²) in [5, 5.41) is 2.82. The van der Waals surface area contributed by atoms with Crippen LogP contribution in [0.3, 0.4) is 0 Å². The number of nitrogens with two attached hydrogens (primary N) is 1. The topological polar surface area (TPSA) is 75.4 Å². The Balaban J connectivity index is 1.74. The van der Waals surface area contributed by atoms with Crippen LogP contribution in [0.5, 0.6) is 0 Å². The molecule has 2 amide bonds. The highest BCUT2D eigenvalue weighted by Crippen LogP contribution is 2.19. The van der Waals surface area contributed by atoms with Crippen molar-refractivity contribution in [2.45, 2.75) is 24.9 Å². The van der Waals surface area contributed by atoms with Gasteiger partial charge in [-0.15, -0.1) is 0 Å². The number of nitrogens with one attached hydrogen (secondary N) is 1.